The number of morpholine rings is 1. The lowest BCUT2D eigenvalue weighted by Crippen LogP contribution is -2.59. The van der Waals surface area contributed by atoms with Crippen LogP contribution in [0.1, 0.15) is 26.7 Å². The summed E-state index contributed by atoms with van der Waals surface area (Å²) in [5.41, 5.74) is 0.00282. The molecule has 74 valence electrons. The predicted molar refractivity (Wildman–Crippen MR) is 49.3 cm³/mol. The molecule has 2 fully saturated rings. The van der Waals surface area contributed by atoms with Crippen LogP contribution in [0.25, 0.3) is 0 Å². The molecule has 0 bridgehead atoms. The van der Waals surface area contributed by atoms with Gasteiger partial charge in [-0.3, -0.25) is 4.79 Å². The lowest BCUT2D eigenvalue weighted by molar-refractivity contribution is -0.170. The summed E-state index contributed by atoms with van der Waals surface area (Å²) in [5, 5.41) is 2.87. The molecule has 3 heteroatoms. The zero-order valence-electron chi connectivity index (χ0n) is 8.30. The number of ether oxygens (including phenoxy) is 1. The minimum Gasteiger partial charge on any atom is -0.363 e. The molecule has 1 spiro atoms. The molecule has 3 nitrogen and oxygen atoms in total. The van der Waals surface area contributed by atoms with Crippen LogP contribution in [0.4, 0.5) is 0 Å². The van der Waals surface area contributed by atoms with E-state index in [1.54, 1.807) is 0 Å². The Morgan fingerprint density at radius 3 is 2.69 bits per heavy atom. The Morgan fingerprint density at radius 2 is 2.23 bits per heavy atom. The zero-order chi connectivity index (χ0) is 9.47. The van der Waals surface area contributed by atoms with Gasteiger partial charge in [0.05, 0.1) is 5.60 Å². The molecule has 13 heavy (non-hydrogen) atoms. The standard InChI is InChI=1S/C10H17NO2/c1-7(2)8-3-10(4-8)6-11-9(12)5-13-10/h7-8H,3-6H2,1-2H3,(H,11,12). The molecule has 2 aliphatic rings. The summed E-state index contributed by atoms with van der Waals surface area (Å²) in [6.07, 6.45) is 2.23. The molecule has 1 heterocycles. The Morgan fingerprint density at radius 1 is 1.54 bits per heavy atom. The van der Waals surface area contributed by atoms with Crippen LogP contribution >= 0.6 is 0 Å². The first-order valence-corrected chi connectivity index (χ1v) is 5.02. The van der Waals surface area contributed by atoms with Crippen molar-refractivity contribution in [2.24, 2.45) is 11.8 Å². The van der Waals surface area contributed by atoms with Crippen molar-refractivity contribution in [1.82, 2.24) is 5.32 Å². The molecule has 0 radical (unpaired) electrons. The Kier molecular flexibility index (Phi) is 2.06. The van der Waals surface area contributed by atoms with Crippen LogP contribution in [0.15, 0.2) is 0 Å². The summed E-state index contributed by atoms with van der Waals surface area (Å²) in [4.78, 5) is 10.9. The summed E-state index contributed by atoms with van der Waals surface area (Å²) in [6.45, 7) is 5.47. The van der Waals surface area contributed by atoms with Crippen molar-refractivity contribution in [2.75, 3.05) is 13.2 Å². The van der Waals surface area contributed by atoms with Gasteiger partial charge in [0.2, 0.25) is 5.91 Å². The molecule has 1 N–H and O–H groups in total. The van der Waals surface area contributed by atoms with Crippen molar-refractivity contribution in [2.45, 2.75) is 32.3 Å². The van der Waals surface area contributed by atoms with Gasteiger partial charge in [-0.05, 0) is 24.7 Å². The number of carbonyl (C=O) groups is 1. The van der Waals surface area contributed by atoms with E-state index >= 15 is 0 Å². The molecule has 0 aromatic rings. The highest BCUT2D eigenvalue weighted by Gasteiger charge is 2.48. The Labute approximate surface area is 78.8 Å². The van der Waals surface area contributed by atoms with E-state index in [0.717, 1.165) is 31.2 Å². The van der Waals surface area contributed by atoms with Crippen LogP contribution in [0.5, 0.6) is 0 Å². The molecule has 1 aliphatic heterocycles. The Bertz CT molecular complexity index is 207. The molecule has 1 saturated carbocycles. The van der Waals surface area contributed by atoms with Crippen LogP contribution in [-0.2, 0) is 9.53 Å². The summed E-state index contributed by atoms with van der Waals surface area (Å²) in [6, 6.07) is 0. The second kappa shape index (κ2) is 2.98. The summed E-state index contributed by atoms with van der Waals surface area (Å²) in [7, 11) is 0. The predicted octanol–water partition coefficient (Wildman–Crippen LogP) is 0.938. The van der Waals surface area contributed by atoms with Gasteiger partial charge in [-0.25, -0.2) is 0 Å². The first kappa shape index (κ1) is 9.00. The van der Waals surface area contributed by atoms with E-state index in [-0.39, 0.29) is 18.1 Å². The number of hydrogen-bond acceptors (Lipinski definition) is 2. The maximum Gasteiger partial charge on any atom is 0.246 e. The molecule has 2 rings (SSSR count). The van der Waals surface area contributed by atoms with Gasteiger partial charge in [-0.15, -0.1) is 0 Å². The van der Waals surface area contributed by atoms with Crippen molar-refractivity contribution in [3.05, 3.63) is 0 Å². The maximum atomic E-state index is 10.9. The molecule has 1 saturated heterocycles. The number of carbonyl (C=O) groups excluding carboxylic acids is 1. The SMILES string of the molecule is CC(C)C1CC2(CNC(=O)CO2)C1. The highest BCUT2D eigenvalue weighted by molar-refractivity contribution is 5.78. The molecule has 1 aliphatic carbocycles. The third-order valence-corrected chi connectivity index (χ3v) is 3.33. The molecule has 0 aromatic heterocycles. The minimum atomic E-state index is 0.00282. The fourth-order valence-corrected chi connectivity index (χ4v) is 2.21. The smallest absolute Gasteiger partial charge is 0.246 e. The van der Waals surface area contributed by atoms with Crippen molar-refractivity contribution < 1.29 is 9.53 Å². The highest BCUT2D eigenvalue weighted by atomic mass is 16.5. The maximum absolute atomic E-state index is 10.9. The quantitative estimate of drug-likeness (QED) is 0.657. The first-order valence-electron chi connectivity index (χ1n) is 5.02. The van der Waals surface area contributed by atoms with Crippen LogP contribution < -0.4 is 5.32 Å². The molecule has 0 aromatic carbocycles. The van der Waals surface area contributed by atoms with E-state index in [1.165, 1.54) is 0 Å². The summed E-state index contributed by atoms with van der Waals surface area (Å²) >= 11 is 0. The van der Waals surface area contributed by atoms with E-state index in [1.807, 2.05) is 0 Å². The fraction of sp³-hybridized carbons (Fsp3) is 0.900. The average Bonchev–Trinajstić information content (AvgIpc) is 2.02. The molecule has 0 atom stereocenters. The van der Waals surface area contributed by atoms with Crippen molar-refractivity contribution in [1.29, 1.82) is 0 Å². The van der Waals surface area contributed by atoms with E-state index in [0.29, 0.717) is 0 Å². The topological polar surface area (TPSA) is 38.3 Å². The van der Waals surface area contributed by atoms with Crippen LogP contribution in [0.2, 0.25) is 0 Å². The number of hydrogen-bond donors (Lipinski definition) is 1. The van der Waals surface area contributed by atoms with Gasteiger partial charge in [0.15, 0.2) is 0 Å². The summed E-state index contributed by atoms with van der Waals surface area (Å²) < 4.78 is 5.58. The Hall–Kier alpha value is -0.570. The van der Waals surface area contributed by atoms with Crippen molar-refractivity contribution in [3.8, 4) is 0 Å². The van der Waals surface area contributed by atoms with E-state index in [2.05, 4.69) is 19.2 Å². The molecule has 1 amide bonds. The van der Waals surface area contributed by atoms with Crippen molar-refractivity contribution in [3.63, 3.8) is 0 Å². The minimum absolute atomic E-state index is 0.00282. The summed E-state index contributed by atoms with van der Waals surface area (Å²) in [5.74, 6) is 1.56. The third kappa shape index (κ3) is 1.57. The largest absolute Gasteiger partial charge is 0.363 e. The van der Waals surface area contributed by atoms with Gasteiger partial charge in [0.25, 0.3) is 0 Å². The average molecular weight is 183 g/mol. The van der Waals surface area contributed by atoms with Gasteiger partial charge < -0.3 is 10.1 Å². The van der Waals surface area contributed by atoms with Gasteiger partial charge in [-0.1, -0.05) is 13.8 Å². The van der Waals surface area contributed by atoms with Gasteiger partial charge in [0, 0.05) is 6.54 Å². The second-order valence-corrected chi connectivity index (χ2v) is 4.66. The van der Waals surface area contributed by atoms with E-state index < -0.39 is 0 Å². The fourth-order valence-electron chi connectivity index (χ4n) is 2.21. The number of rotatable bonds is 1. The van der Waals surface area contributed by atoms with Gasteiger partial charge >= 0.3 is 0 Å². The van der Waals surface area contributed by atoms with Gasteiger partial charge in [-0.2, -0.15) is 0 Å². The first-order chi connectivity index (χ1) is 6.11. The zero-order valence-corrected chi connectivity index (χ0v) is 8.30. The molecule has 0 unspecified atom stereocenters. The van der Waals surface area contributed by atoms with Crippen LogP contribution in [-0.4, -0.2) is 24.7 Å². The van der Waals surface area contributed by atoms with Crippen LogP contribution in [0.3, 0.4) is 0 Å². The van der Waals surface area contributed by atoms with Crippen LogP contribution in [0, 0.1) is 11.8 Å². The number of amides is 1. The molecular formula is C10H17NO2. The Balaban J connectivity index is 1.86. The third-order valence-electron chi connectivity index (χ3n) is 3.33. The van der Waals surface area contributed by atoms with Gasteiger partial charge in [0.1, 0.15) is 6.61 Å². The van der Waals surface area contributed by atoms with Crippen molar-refractivity contribution >= 4 is 5.91 Å². The lowest BCUT2D eigenvalue weighted by Gasteiger charge is -2.50. The monoisotopic (exact) mass is 183 g/mol. The normalized spacial score (nSPS) is 39.0. The second-order valence-electron chi connectivity index (χ2n) is 4.66. The highest BCUT2D eigenvalue weighted by Crippen LogP contribution is 2.45. The van der Waals surface area contributed by atoms with E-state index in [9.17, 15) is 4.79 Å². The van der Waals surface area contributed by atoms with E-state index in [4.69, 9.17) is 4.74 Å². The lowest BCUT2D eigenvalue weighted by atomic mass is 9.65. The molecular weight excluding hydrogens is 166 g/mol. The number of nitrogens with one attached hydrogen (secondary N) is 1.